The van der Waals surface area contributed by atoms with Gasteiger partial charge in [-0.1, -0.05) is 59.9 Å². The van der Waals surface area contributed by atoms with Gasteiger partial charge in [-0.05, 0) is 37.6 Å². The number of piperidine rings is 1. The lowest BCUT2D eigenvalue weighted by atomic mass is 10.0. The second-order valence-corrected chi connectivity index (χ2v) is 8.75. The largest absolute Gasteiger partial charge is 0.372 e. The number of rotatable bonds is 5. The summed E-state index contributed by atoms with van der Waals surface area (Å²) >= 11 is 1.48. The number of aromatic nitrogens is 1. The highest BCUT2D eigenvalue weighted by Gasteiger charge is 2.25. The molecule has 1 saturated heterocycles. The number of carbonyl (C=O) groups is 1. The Morgan fingerprint density at radius 2 is 1.74 bits per heavy atom. The highest BCUT2D eigenvalue weighted by atomic mass is 32.1. The fourth-order valence-corrected chi connectivity index (χ4v) is 5.42. The summed E-state index contributed by atoms with van der Waals surface area (Å²) < 4.78 is 1.70. The van der Waals surface area contributed by atoms with Crippen LogP contribution in [0, 0.1) is 0 Å². The van der Waals surface area contributed by atoms with Crippen molar-refractivity contribution in [3.05, 3.63) is 94.3 Å². The highest BCUT2D eigenvalue weighted by molar-refractivity contribution is 7.23. The van der Waals surface area contributed by atoms with Crippen molar-refractivity contribution < 1.29 is 4.79 Å². The van der Waals surface area contributed by atoms with Crippen LogP contribution >= 0.6 is 11.3 Å². The minimum atomic E-state index is -0.107. The Labute approximate surface area is 184 Å². The monoisotopic (exact) mass is 429 g/mol. The average Bonchev–Trinajstić information content (AvgIpc) is 3.18. The number of thiophene rings is 1. The smallest absolute Gasteiger partial charge is 0.256 e. The molecular formula is C25H23N3O2S. The van der Waals surface area contributed by atoms with E-state index in [1.807, 2.05) is 60.7 Å². The molecule has 0 amide bonds. The zero-order chi connectivity index (χ0) is 21.2. The molecule has 2 N–H and O–H groups in total. The van der Waals surface area contributed by atoms with Crippen molar-refractivity contribution in [2.75, 3.05) is 18.4 Å². The Bertz CT molecular complexity index is 1270. The van der Waals surface area contributed by atoms with E-state index < -0.39 is 0 Å². The van der Waals surface area contributed by atoms with E-state index in [9.17, 15) is 9.59 Å². The molecule has 156 valence electrons. The first-order valence-corrected chi connectivity index (χ1v) is 11.3. The Morgan fingerprint density at radius 1 is 1.00 bits per heavy atom. The molecule has 0 spiro atoms. The molecule has 1 aliphatic heterocycles. The standard InChI is InChI=1S/C25H23N3O2S/c29-21-14-13-20-22(23(30)17-8-3-1-4-9-17)24(27-18-10-7-15-26-16-18)31-25(20)28(21)19-11-5-2-6-12-19/h1-6,8-9,11-14,18,26-27H,7,10,15-16H2. The average molecular weight is 430 g/mol. The Kier molecular flexibility index (Phi) is 5.40. The van der Waals surface area contributed by atoms with E-state index in [-0.39, 0.29) is 17.4 Å². The zero-order valence-corrected chi connectivity index (χ0v) is 17.8. The van der Waals surface area contributed by atoms with Gasteiger partial charge in [0.2, 0.25) is 0 Å². The van der Waals surface area contributed by atoms with Gasteiger partial charge in [0.1, 0.15) is 9.83 Å². The number of hydrogen-bond donors (Lipinski definition) is 2. The summed E-state index contributed by atoms with van der Waals surface area (Å²) in [6.45, 7) is 1.88. The number of anilines is 1. The maximum Gasteiger partial charge on any atom is 0.256 e. The molecule has 1 atom stereocenters. The molecule has 2 aromatic heterocycles. The molecule has 3 heterocycles. The molecular weight excluding hydrogens is 406 g/mol. The SMILES string of the molecule is O=C(c1ccccc1)c1c(NC2CCCNC2)sc2c1ccc(=O)n2-c1ccccc1. The first-order chi connectivity index (χ1) is 15.2. The van der Waals surface area contributed by atoms with Crippen LogP contribution in [0.4, 0.5) is 5.00 Å². The maximum atomic E-state index is 13.6. The third kappa shape index (κ3) is 3.80. The van der Waals surface area contributed by atoms with Gasteiger partial charge in [0, 0.05) is 29.6 Å². The van der Waals surface area contributed by atoms with Crippen molar-refractivity contribution in [3.63, 3.8) is 0 Å². The normalized spacial score (nSPS) is 16.3. The van der Waals surface area contributed by atoms with Gasteiger partial charge in [0.15, 0.2) is 5.78 Å². The fraction of sp³-hybridized carbons (Fsp3) is 0.200. The van der Waals surface area contributed by atoms with Gasteiger partial charge in [-0.2, -0.15) is 0 Å². The first-order valence-electron chi connectivity index (χ1n) is 10.5. The van der Waals surface area contributed by atoms with Crippen LogP contribution in [0.2, 0.25) is 0 Å². The van der Waals surface area contributed by atoms with Crippen LogP contribution in [0.1, 0.15) is 28.8 Å². The number of nitrogens with zero attached hydrogens (tertiary/aromatic N) is 1. The predicted molar refractivity (Wildman–Crippen MR) is 127 cm³/mol. The van der Waals surface area contributed by atoms with Crippen LogP contribution in [-0.2, 0) is 0 Å². The number of pyridine rings is 1. The van der Waals surface area contributed by atoms with Gasteiger partial charge in [0.25, 0.3) is 5.56 Å². The number of para-hydroxylation sites is 1. The van der Waals surface area contributed by atoms with E-state index in [1.165, 1.54) is 11.3 Å². The third-order valence-corrected chi connectivity index (χ3v) is 6.77. The third-order valence-electron chi connectivity index (χ3n) is 5.65. The lowest BCUT2D eigenvalue weighted by Crippen LogP contribution is -2.38. The molecule has 2 aromatic carbocycles. The fourth-order valence-electron chi connectivity index (χ4n) is 4.12. The molecule has 1 unspecified atom stereocenters. The summed E-state index contributed by atoms with van der Waals surface area (Å²) in [5.74, 6) is -0.0311. The Balaban J connectivity index is 1.71. The molecule has 1 aliphatic rings. The summed E-state index contributed by atoms with van der Waals surface area (Å²) in [4.78, 5) is 27.2. The van der Waals surface area contributed by atoms with Crippen LogP contribution in [-0.4, -0.2) is 29.5 Å². The quantitative estimate of drug-likeness (QED) is 0.460. The number of ketones is 1. The van der Waals surface area contributed by atoms with Crippen LogP contribution in [0.25, 0.3) is 15.9 Å². The van der Waals surface area contributed by atoms with Crippen LogP contribution in [0.15, 0.2) is 77.6 Å². The van der Waals surface area contributed by atoms with E-state index in [1.54, 1.807) is 16.7 Å². The Hall–Kier alpha value is -3.22. The topological polar surface area (TPSA) is 63.1 Å². The van der Waals surface area contributed by atoms with Gasteiger partial charge >= 0.3 is 0 Å². The lowest BCUT2D eigenvalue weighted by Gasteiger charge is -2.24. The highest BCUT2D eigenvalue weighted by Crippen LogP contribution is 2.38. The van der Waals surface area contributed by atoms with E-state index in [0.717, 1.165) is 46.8 Å². The minimum absolute atomic E-state index is 0.0311. The Morgan fingerprint density at radius 3 is 2.45 bits per heavy atom. The van der Waals surface area contributed by atoms with Crippen LogP contribution in [0.5, 0.6) is 0 Å². The van der Waals surface area contributed by atoms with Crippen molar-refractivity contribution in [3.8, 4) is 5.69 Å². The first kappa shape index (κ1) is 19.7. The predicted octanol–water partition coefficient (Wildman–Crippen LogP) is 4.45. The van der Waals surface area contributed by atoms with Crippen molar-refractivity contribution in [1.29, 1.82) is 0 Å². The number of hydrogen-bond acceptors (Lipinski definition) is 5. The van der Waals surface area contributed by atoms with Crippen molar-refractivity contribution >= 4 is 32.3 Å². The molecule has 0 saturated carbocycles. The van der Waals surface area contributed by atoms with E-state index in [0.29, 0.717) is 11.1 Å². The van der Waals surface area contributed by atoms with Crippen molar-refractivity contribution in [2.45, 2.75) is 18.9 Å². The van der Waals surface area contributed by atoms with E-state index in [2.05, 4.69) is 10.6 Å². The summed E-state index contributed by atoms with van der Waals surface area (Å²) in [7, 11) is 0. The number of carbonyl (C=O) groups excluding carboxylic acids is 1. The molecule has 1 fully saturated rings. The van der Waals surface area contributed by atoms with Gasteiger partial charge in [-0.3, -0.25) is 14.2 Å². The van der Waals surface area contributed by atoms with E-state index >= 15 is 0 Å². The lowest BCUT2D eigenvalue weighted by molar-refractivity contribution is 0.104. The maximum absolute atomic E-state index is 13.6. The molecule has 6 heteroatoms. The minimum Gasteiger partial charge on any atom is -0.372 e. The van der Waals surface area contributed by atoms with Gasteiger partial charge in [-0.25, -0.2) is 0 Å². The van der Waals surface area contributed by atoms with Gasteiger partial charge in [0.05, 0.1) is 11.3 Å². The van der Waals surface area contributed by atoms with Crippen molar-refractivity contribution in [1.82, 2.24) is 9.88 Å². The summed E-state index contributed by atoms with van der Waals surface area (Å²) in [6.07, 6.45) is 2.14. The number of benzene rings is 2. The van der Waals surface area contributed by atoms with Crippen LogP contribution < -0.4 is 16.2 Å². The molecule has 0 radical (unpaired) electrons. The summed E-state index contributed by atoms with van der Waals surface area (Å²) in [5.41, 5.74) is 1.97. The number of fused-ring (bicyclic) bond motifs is 1. The zero-order valence-electron chi connectivity index (χ0n) is 17.0. The molecule has 31 heavy (non-hydrogen) atoms. The van der Waals surface area contributed by atoms with Crippen molar-refractivity contribution in [2.24, 2.45) is 0 Å². The molecule has 0 bridgehead atoms. The second kappa shape index (κ2) is 8.49. The summed E-state index contributed by atoms with van der Waals surface area (Å²) in [6, 6.07) is 22.5. The molecule has 5 rings (SSSR count). The van der Waals surface area contributed by atoms with Gasteiger partial charge in [-0.15, -0.1) is 0 Å². The van der Waals surface area contributed by atoms with Gasteiger partial charge < -0.3 is 10.6 Å². The second-order valence-electron chi connectivity index (χ2n) is 7.75. The van der Waals surface area contributed by atoms with Crippen LogP contribution in [0.3, 0.4) is 0 Å². The summed E-state index contributed by atoms with van der Waals surface area (Å²) in [5, 5.41) is 8.65. The molecule has 0 aliphatic carbocycles. The number of nitrogens with one attached hydrogen (secondary N) is 2. The van der Waals surface area contributed by atoms with E-state index in [4.69, 9.17) is 0 Å². The molecule has 4 aromatic rings. The molecule has 5 nitrogen and oxygen atoms in total.